The van der Waals surface area contributed by atoms with Crippen LogP contribution in [-0.2, 0) is 23.9 Å². The number of epoxide rings is 1. The van der Waals surface area contributed by atoms with Gasteiger partial charge < -0.3 is 9.47 Å². The van der Waals surface area contributed by atoms with Crippen molar-refractivity contribution in [2.24, 2.45) is 34.5 Å². The molecule has 0 aromatic rings. The number of hydrogen-bond donors (Lipinski definition) is 0. The highest BCUT2D eigenvalue weighted by molar-refractivity contribution is 5.88. The van der Waals surface area contributed by atoms with E-state index in [1.54, 1.807) is 6.92 Å². The standard InChI is InChI=1S/C23H32O5/c1-12(24)15-5-6-16-14-7-10-23-20(28-23)17(26)8-9-22(23,4)19(14)18(27-13(2)25)11-21(15,16)3/h14-16,18-20H,5-11H2,1-4H3/t14-,15+,16-,18+,19+,20+,21+,22+,23+/m0/s1. The van der Waals surface area contributed by atoms with Gasteiger partial charge in [-0.25, -0.2) is 0 Å². The Kier molecular flexibility index (Phi) is 3.81. The van der Waals surface area contributed by atoms with Crippen molar-refractivity contribution in [2.45, 2.75) is 90.4 Å². The highest BCUT2D eigenvalue weighted by Crippen LogP contribution is 2.73. The van der Waals surface area contributed by atoms with Gasteiger partial charge >= 0.3 is 5.97 Å². The number of carbonyl (C=O) groups excluding carboxylic acids is 3. The maximum Gasteiger partial charge on any atom is 0.302 e. The molecule has 4 aliphatic carbocycles. The van der Waals surface area contributed by atoms with Crippen LogP contribution in [0.1, 0.15) is 72.6 Å². The molecular weight excluding hydrogens is 356 g/mol. The highest BCUT2D eigenvalue weighted by Gasteiger charge is 2.78. The van der Waals surface area contributed by atoms with Gasteiger partial charge in [0.2, 0.25) is 0 Å². The molecule has 1 heterocycles. The van der Waals surface area contributed by atoms with Gasteiger partial charge in [-0.3, -0.25) is 14.4 Å². The normalized spacial score (nSPS) is 54.1. The van der Waals surface area contributed by atoms with Crippen LogP contribution in [0.25, 0.3) is 0 Å². The van der Waals surface area contributed by atoms with E-state index in [2.05, 4.69) is 13.8 Å². The summed E-state index contributed by atoms with van der Waals surface area (Å²) in [5.41, 5.74) is -0.569. The third kappa shape index (κ3) is 2.15. The Hall–Kier alpha value is -1.23. The van der Waals surface area contributed by atoms with Crippen LogP contribution in [0.4, 0.5) is 0 Å². The first kappa shape index (κ1) is 18.8. The quantitative estimate of drug-likeness (QED) is 0.535. The lowest BCUT2D eigenvalue weighted by molar-refractivity contribution is -0.193. The van der Waals surface area contributed by atoms with Crippen LogP contribution in [0.5, 0.6) is 0 Å². The Morgan fingerprint density at radius 3 is 2.54 bits per heavy atom. The second kappa shape index (κ2) is 5.68. The number of carbonyl (C=O) groups is 3. The number of ether oxygens (including phenoxy) is 2. The summed E-state index contributed by atoms with van der Waals surface area (Å²) in [5, 5.41) is 0. The molecule has 0 N–H and O–H groups in total. The predicted octanol–water partition coefficient (Wildman–Crippen LogP) is 3.48. The van der Waals surface area contributed by atoms with E-state index in [-0.39, 0.29) is 58.0 Å². The van der Waals surface area contributed by atoms with Crippen molar-refractivity contribution in [1.82, 2.24) is 0 Å². The summed E-state index contributed by atoms with van der Waals surface area (Å²) in [5.74, 6) is 1.48. The van der Waals surface area contributed by atoms with Crippen LogP contribution in [0, 0.1) is 34.5 Å². The van der Waals surface area contributed by atoms with E-state index in [1.165, 1.54) is 6.92 Å². The molecule has 5 heteroatoms. The Morgan fingerprint density at radius 2 is 1.86 bits per heavy atom. The van der Waals surface area contributed by atoms with E-state index in [1.807, 2.05) is 0 Å². The minimum Gasteiger partial charge on any atom is -0.462 e. The van der Waals surface area contributed by atoms with E-state index in [0.717, 1.165) is 38.5 Å². The molecule has 0 aromatic heterocycles. The van der Waals surface area contributed by atoms with Crippen molar-refractivity contribution in [1.29, 1.82) is 0 Å². The SMILES string of the molecule is CC(=O)O[C@@H]1C[C@]2(C)[C@@H](C(C)=O)CC[C@H]2[C@@H]2CC[C@@]34O[C@@H]3C(=O)CC[C@]4(C)[C@H]21. The Bertz CT molecular complexity index is 760. The average molecular weight is 389 g/mol. The topological polar surface area (TPSA) is 73.0 Å². The Morgan fingerprint density at radius 1 is 1.11 bits per heavy atom. The lowest BCUT2D eigenvalue weighted by atomic mass is 9.43. The summed E-state index contributed by atoms with van der Waals surface area (Å²) < 4.78 is 12.1. The van der Waals surface area contributed by atoms with Gasteiger partial charge in [0.1, 0.15) is 23.6 Å². The second-order valence-corrected chi connectivity index (χ2v) is 10.7. The number of esters is 1. The first-order valence-corrected chi connectivity index (χ1v) is 11.0. The molecule has 28 heavy (non-hydrogen) atoms. The third-order valence-corrected chi connectivity index (χ3v) is 9.67. The molecule has 5 aliphatic rings. The van der Waals surface area contributed by atoms with Gasteiger partial charge in [-0.05, 0) is 62.7 Å². The van der Waals surface area contributed by atoms with E-state index in [4.69, 9.17) is 9.47 Å². The van der Waals surface area contributed by atoms with E-state index in [0.29, 0.717) is 18.3 Å². The van der Waals surface area contributed by atoms with Gasteiger partial charge in [0.25, 0.3) is 0 Å². The van der Waals surface area contributed by atoms with Crippen molar-refractivity contribution in [3.8, 4) is 0 Å². The average Bonchev–Trinajstić information content (AvgIpc) is 3.25. The number of hydrogen-bond acceptors (Lipinski definition) is 5. The van der Waals surface area contributed by atoms with Gasteiger partial charge in [0.15, 0.2) is 5.78 Å². The first-order chi connectivity index (χ1) is 13.1. The van der Waals surface area contributed by atoms with Crippen LogP contribution in [0.15, 0.2) is 0 Å². The smallest absolute Gasteiger partial charge is 0.302 e. The fraction of sp³-hybridized carbons (Fsp3) is 0.870. The van der Waals surface area contributed by atoms with Crippen molar-refractivity contribution in [2.75, 3.05) is 0 Å². The zero-order chi connectivity index (χ0) is 20.1. The van der Waals surface area contributed by atoms with Crippen LogP contribution in [0.2, 0.25) is 0 Å². The monoisotopic (exact) mass is 388 g/mol. The lowest BCUT2D eigenvalue weighted by Crippen LogP contribution is -2.63. The van der Waals surface area contributed by atoms with Crippen molar-refractivity contribution >= 4 is 17.5 Å². The first-order valence-electron chi connectivity index (χ1n) is 11.0. The molecule has 0 amide bonds. The number of ketones is 2. The van der Waals surface area contributed by atoms with E-state index in [9.17, 15) is 14.4 Å². The Labute approximate surface area is 166 Å². The minimum atomic E-state index is -0.339. The van der Waals surface area contributed by atoms with Crippen LogP contribution in [-0.4, -0.2) is 35.3 Å². The number of fused-ring (bicyclic) bond motifs is 4. The molecule has 5 rings (SSSR count). The fourth-order valence-electron chi connectivity index (χ4n) is 8.57. The maximum absolute atomic E-state index is 12.4. The fourth-order valence-corrected chi connectivity index (χ4v) is 8.57. The van der Waals surface area contributed by atoms with Gasteiger partial charge in [-0.2, -0.15) is 0 Å². The molecule has 0 unspecified atom stereocenters. The summed E-state index contributed by atoms with van der Waals surface area (Å²) in [6.45, 7) is 7.75. The molecule has 1 saturated heterocycles. The number of rotatable bonds is 2. The third-order valence-electron chi connectivity index (χ3n) is 9.67. The molecule has 0 bridgehead atoms. The minimum absolute atomic E-state index is 0.0676. The van der Waals surface area contributed by atoms with Gasteiger partial charge in [0.05, 0.1) is 0 Å². The predicted molar refractivity (Wildman–Crippen MR) is 101 cm³/mol. The Balaban J connectivity index is 1.57. The van der Waals surface area contributed by atoms with E-state index >= 15 is 0 Å². The summed E-state index contributed by atoms with van der Waals surface area (Å²) >= 11 is 0. The largest absolute Gasteiger partial charge is 0.462 e. The van der Waals surface area contributed by atoms with Crippen LogP contribution < -0.4 is 0 Å². The molecule has 154 valence electrons. The zero-order valence-electron chi connectivity index (χ0n) is 17.5. The highest BCUT2D eigenvalue weighted by atomic mass is 16.6. The maximum atomic E-state index is 12.4. The molecule has 1 spiro atoms. The molecular formula is C23H32O5. The molecule has 0 radical (unpaired) electrons. The number of Topliss-reactive ketones (excluding diaryl/α,β-unsaturated/α-hetero) is 2. The molecule has 0 aromatic carbocycles. The van der Waals surface area contributed by atoms with E-state index < -0.39 is 0 Å². The van der Waals surface area contributed by atoms with Crippen molar-refractivity contribution in [3.63, 3.8) is 0 Å². The lowest BCUT2D eigenvalue weighted by Gasteiger charge is -2.61. The van der Waals surface area contributed by atoms with Crippen LogP contribution in [0.3, 0.4) is 0 Å². The van der Waals surface area contributed by atoms with Crippen molar-refractivity contribution < 1.29 is 23.9 Å². The van der Waals surface area contributed by atoms with Gasteiger partial charge in [0, 0.05) is 30.6 Å². The summed E-state index contributed by atoms with van der Waals surface area (Å²) in [6.07, 6.45) is 5.67. The van der Waals surface area contributed by atoms with Crippen molar-refractivity contribution in [3.05, 3.63) is 0 Å². The summed E-state index contributed by atoms with van der Waals surface area (Å²) in [7, 11) is 0. The molecule has 5 fully saturated rings. The van der Waals surface area contributed by atoms with Gasteiger partial charge in [-0.15, -0.1) is 0 Å². The molecule has 1 aliphatic heterocycles. The summed E-state index contributed by atoms with van der Waals surface area (Å²) in [6, 6.07) is 0. The molecule has 9 atom stereocenters. The zero-order valence-corrected chi connectivity index (χ0v) is 17.5. The summed E-state index contributed by atoms with van der Waals surface area (Å²) in [4.78, 5) is 36.8. The molecule has 4 saturated carbocycles. The van der Waals surface area contributed by atoms with Crippen LogP contribution >= 0.6 is 0 Å². The molecule has 5 nitrogen and oxygen atoms in total. The van der Waals surface area contributed by atoms with Gasteiger partial charge in [-0.1, -0.05) is 13.8 Å². The second-order valence-electron chi connectivity index (χ2n) is 10.7.